The van der Waals surface area contributed by atoms with Crippen LogP contribution in [0.15, 0.2) is 42.6 Å². The molecule has 0 bridgehead atoms. The van der Waals surface area contributed by atoms with E-state index in [2.05, 4.69) is 4.98 Å². The zero-order valence-corrected chi connectivity index (χ0v) is 13.4. The standard InChI is InChI=1S/C18H21N3O3/c19-8-7-16-12-21(9-10-24-16)18(23)14-3-1-13(2-4-14)17-6-5-15(22)11-20-17/h1-6,11,16,22H,7-10,12,19H2. The maximum Gasteiger partial charge on any atom is 0.254 e. The summed E-state index contributed by atoms with van der Waals surface area (Å²) in [6.07, 6.45) is 2.18. The minimum Gasteiger partial charge on any atom is -0.506 e. The van der Waals surface area contributed by atoms with Gasteiger partial charge in [0.1, 0.15) is 5.75 Å². The number of rotatable bonds is 4. The summed E-state index contributed by atoms with van der Waals surface area (Å²) < 4.78 is 5.62. The van der Waals surface area contributed by atoms with Gasteiger partial charge in [0.05, 0.1) is 24.6 Å². The van der Waals surface area contributed by atoms with E-state index < -0.39 is 0 Å². The Morgan fingerprint density at radius 3 is 2.75 bits per heavy atom. The second kappa shape index (κ2) is 7.42. The van der Waals surface area contributed by atoms with Gasteiger partial charge < -0.3 is 20.5 Å². The molecule has 1 aromatic heterocycles. The third kappa shape index (κ3) is 3.72. The van der Waals surface area contributed by atoms with Gasteiger partial charge in [-0.15, -0.1) is 0 Å². The van der Waals surface area contributed by atoms with Crippen molar-refractivity contribution in [2.24, 2.45) is 5.73 Å². The first-order valence-corrected chi connectivity index (χ1v) is 8.04. The minimum absolute atomic E-state index is 0.00513. The average molecular weight is 327 g/mol. The van der Waals surface area contributed by atoms with Gasteiger partial charge in [0.2, 0.25) is 0 Å². The van der Waals surface area contributed by atoms with E-state index in [-0.39, 0.29) is 17.8 Å². The molecular formula is C18H21N3O3. The Hall–Kier alpha value is -2.44. The Bertz CT molecular complexity index is 684. The smallest absolute Gasteiger partial charge is 0.254 e. The number of aromatic nitrogens is 1. The van der Waals surface area contributed by atoms with Gasteiger partial charge in [-0.2, -0.15) is 0 Å². The van der Waals surface area contributed by atoms with Gasteiger partial charge >= 0.3 is 0 Å². The average Bonchev–Trinajstić information content (AvgIpc) is 2.62. The lowest BCUT2D eigenvalue weighted by atomic mass is 10.1. The minimum atomic E-state index is 0.00513. The highest BCUT2D eigenvalue weighted by atomic mass is 16.5. The van der Waals surface area contributed by atoms with Crippen LogP contribution in [0.5, 0.6) is 5.75 Å². The Kier molecular flexibility index (Phi) is 5.08. The van der Waals surface area contributed by atoms with E-state index in [0.29, 0.717) is 31.8 Å². The van der Waals surface area contributed by atoms with Crippen LogP contribution in [0.3, 0.4) is 0 Å². The largest absolute Gasteiger partial charge is 0.506 e. The zero-order chi connectivity index (χ0) is 16.9. The fourth-order valence-electron chi connectivity index (χ4n) is 2.79. The molecule has 1 fully saturated rings. The first kappa shape index (κ1) is 16.4. The van der Waals surface area contributed by atoms with Crippen molar-refractivity contribution in [3.63, 3.8) is 0 Å². The molecule has 0 aliphatic carbocycles. The molecule has 126 valence electrons. The SMILES string of the molecule is NCCC1CN(C(=O)c2ccc(-c3ccc(O)cn3)cc2)CCO1. The molecule has 1 atom stereocenters. The van der Waals surface area contributed by atoms with Crippen LogP contribution in [0.4, 0.5) is 0 Å². The molecule has 2 aromatic rings. The molecule has 6 nitrogen and oxygen atoms in total. The van der Waals surface area contributed by atoms with Gasteiger partial charge in [0, 0.05) is 24.2 Å². The first-order valence-electron chi connectivity index (χ1n) is 8.04. The molecule has 1 amide bonds. The molecule has 1 aliphatic rings. The van der Waals surface area contributed by atoms with Crippen LogP contribution in [0, 0.1) is 0 Å². The van der Waals surface area contributed by atoms with E-state index in [9.17, 15) is 9.90 Å². The fraction of sp³-hybridized carbons (Fsp3) is 0.333. The number of nitrogens with zero attached hydrogens (tertiary/aromatic N) is 2. The highest BCUT2D eigenvalue weighted by Gasteiger charge is 2.24. The number of hydrogen-bond acceptors (Lipinski definition) is 5. The molecule has 3 N–H and O–H groups in total. The van der Waals surface area contributed by atoms with E-state index in [4.69, 9.17) is 10.5 Å². The summed E-state index contributed by atoms with van der Waals surface area (Å²) in [4.78, 5) is 18.6. The fourth-order valence-corrected chi connectivity index (χ4v) is 2.79. The summed E-state index contributed by atoms with van der Waals surface area (Å²) in [5.41, 5.74) is 7.86. The number of carbonyl (C=O) groups excluding carboxylic acids is 1. The van der Waals surface area contributed by atoms with Crippen LogP contribution < -0.4 is 5.73 Å². The van der Waals surface area contributed by atoms with Crippen LogP contribution in [0.25, 0.3) is 11.3 Å². The number of hydrogen-bond donors (Lipinski definition) is 2. The molecule has 0 radical (unpaired) electrons. The number of amides is 1. The summed E-state index contributed by atoms with van der Waals surface area (Å²) in [5.74, 6) is 0.135. The molecule has 0 saturated carbocycles. The van der Waals surface area contributed by atoms with Crippen molar-refractivity contribution in [2.45, 2.75) is 12.5 Å². The second-order valence-electron chi connectivity index (χ2n) is 5.80. The number of nitrogens with two attached hydrogens (primary N) is 1. The lowest BCUT2D eigenvalue weighted by molar-refractivity contribution is -0.0236. The third-order valence-electron chi connectivity index (χ3n) is 4.09. The highest BCUT2D eigenvalue weighted by Crippen LogP contribution is 2.20. The van der Waals surface area contributed by atoms with E-state index in [1.807, 2.05) is 17.0 Å². The molecule has 1 aliphatic heterocycles. The Morgan fingerprint density at radius 1 is 1.29 bits per heavy atom. The van der Waals surface area contributed by atoms with Crippen LogP contribution >= 0.6 is 0 Å². The molecule has 1 unspecified atom stereocenters. The molecule has 3 rings (SSSR count). The predicted molar refractivity (Wildman–Crippen MR) is 90.7 cm³/mol. The van der Waals surface area contributed by atoms with Crippen LogP contribution in [0.2, 0.25) is 0 Å². The quantitative estimate of drug-likeness (QED) is 0.891. The molecule has 1 aromatic carbocycles. The van der Waals surface area contributed by atoms with Crippen molar-refractivity contribution in [1.29, 1.82) is 0 Å². The van der Waals surface area contributed by atoms with Crippen molar-refractivity contribution in [1.82, 2.24) is 9.88 Å². The predicted octanol–water partition coefficient (Wildman–Crippen LogP) is 1.64. The Morgan fingerprint density at radius 2 is 2.08 bits per heavy atom. The molecule has 0 spiro atoms. The molecule has 24 heavy (non-hydrogen) atoms. The monoisotopic (exact) mass is 327 g/mol. The van der Waals surface area contributed by atoms with Crippen molar-refractivity contribution in [3.05, 3.63) is 48.2 Å². The highest BCUT2D eigenvalue weighted by molar-refractivity contribution is 5.94. The van der Waals surface area contributed by atoms with Crippen molar-refractivity contribution in [3.8, 4) is 17.0 Å². The number of ether oxygens (including phenoxy) is 1. The van der Waals surface area contributed by atoms with Gasteiger partial charge in [-0.1, -0.05) is 12.1 Å². The summed E-state index contributed by atoms with van der Waals surface area (Å²) in [7, 11) is 0. The normalized spacial score (nSPS) is 17.7. The van der Waals surface area contributed by atoms with Gasteiger partial charge in [-0.25, -0.2) is 0 Å². The summed E-state index contributed by atoms with van der Waals surface area (Å²) in [6.45, 7) is 2.28. The van der Waals surface area contributed by atoms with Gasteiger partial charge in [-0.3, -0.25) is 9.78 Å². The van der Waals surface area contributed by atoms with Crippen molar-refractivity contribution in [2.75, 3.05) is 26.2 Å². The third-order valence-corrected chi connectivity index (χ3v) is 4.09. The number of pyridine rings is 1. The maximum absolute atomic E-state index is 12.6. The topological polar surface area (TPSA) is 88.7 Å². The number of carbonyl (C=O) groups is 1. The van der Waals surface area contributed by atoms with Crippen molar-refractivity contribution < 1.29 is 14.6 Å². The Labute approximate surface area is 140 Å². The molecule has 6 heteroatoms. The van der Waals surface area contributed by atoms with Crippen molar-refractivity contribution >= 4 is 5.91 Å². The van der Waals surface area contributed by atoms with E-state index >= 15 is 0 Å². The molecule has 1 saturated heterocycles. The van der Waals surface area contributed by atoms with E-state index in [1.165, 1.54) is 6.20 Å². The van der Waals surface area contributed by atoms with Gasteiger partial charge in [-0.05, 0) is 37.2 Å². The summed E-state index contributed by atoms with van der Waals surface area (Å²) in [5, 5.41) is 9.29. The van der Waals surface area contributed by atoms with Crippen LogP contribution in [-0.2, 0) is 4.74 Å². The Balaban J connectivity index is 1.70. The number of benzene rings is 1. The number of aromatic hydroxyl groups is 1. The van der Waals surface area contributed by atoms with E-state index in [0.717, 1.165) is 17.7 Å². The maximum atomic E-state index is 12.6. The molecule has 2 heterocycles. The summed E-state index contributed by atoms with van der Waals surface area (Å²) in [6, 6.07) is 10.7. The number of morpholine rings is 1. The molecular weight excluding hydrogens is 306 g/mol. The zero-order valence-electron chi connectivity index (χ0n) is 13.4. The van der Waals surface area contributed by atoms with Crippen LogP contribution in [0.1, 0.15) is 16.8 Å². The van der Waals surface area contributed by atoms with Gasteiger partial charge in [0.15, 0.2) is 0 Å². The second-order valence-corrected chi connectivity index (χ2v) is 5.80. The van der Waals surface area contributed by atoms with Gasteiger partial charge in [0.25, 0.3) is 5.91 Å². The van der Waals surface area contributed by atoms with Crippen LogP contribution in [-0.4, -0.2) is 53.2 Å². The first-order chi connectivity index (χ1) is 11.7. The lowest BCUT2D eigenvalue weighted by Gasteiger charge is -2.33. The summed E-state index contributed by atoms with van der Waals surface area (Å²) >= 11 is 0. The van der Waals surface area contributed by atoms with E-state index in [1.54, 1.807) is 24.3 Å². The lowest BCUT2D eigenvalue weighted by Crippen LogP contribution is -2.46.